The van der Waals surface area contributed by atoms with Crippen LogP contribution in [0.5, 0.6) is 0 Å². The van der Waals surface area contributed by atoms with Crippen molar-refractivity contribution < 1.29 is 4.79 Å². The number of nitrogens with zero attached hydrogens (tertiary/aromatic N) is 1. The van der Waals surface area contributed by atoms with Gasteiger partial charge in [-0.25, -0.2) is 0 Å². The van der Waals surface area contributed by atoms with Gasteiger partial charge in [-0.2, -0.15) is 0 Å². The van der Waals surface area contributed by atoms with Gasteiger partial charge in [-0.15, -0.1) is 11.3 Å². The van der Waals surface area contributed by atoms with Gasteiger partial charge in [-0.05, 0) is 41.5 Å². The number of nitrogens with two attached hydrogens (primary N) is 1. The molecule has 1 heterocycles. The molecular weight excluding hydrogens is 314 g/mol. The van der Waals surface area contributed by atoms with Crippen molar-refractivity contribution in [2.24, 2.45) is 5.73 Å². The number of hydrogen-bond donors (Lipinski definition) is 2. The summed E-state index contributed by atoms with van der Waals surface area (Å²) >= 11 is 5.10. The number of amides is 1. The highest BCUT2D eigenvalue weighted by Gasteiger charge is 2.19. The predicted molar refractivity (Wildman–Crippen MR) is 79.7 cm³/mol. The lowest BCUT2D eigenvalue weighted by Gasteiger charge is -2.25. The second-order valence-electron chi connectivity index (χ2n) is 4.16. The highest BCUT2D eigenvalue weighted by Crippen LogP contribution is 2.29. The van der Waals surface area contributed by atoms with Gasteiger partial charge in [0.2, 0.25) is 5.91 Å². The maximum Gasteiger partial charge on any atom is 0.234 e. The Kier molecular flexibility index (Phi) is 6.85. The molecule has 0 saturated heterocycles. The van der Waals surface area contributed by atoms with Gasteiger partial charge >= 0.3 is 0 Å². The predicted octanol–water partition coefficient (Wildman–Crippen LogP) is 1.97. The molecule has 0 bridgehead atoms. The summed E-state index contributed by atoms with van der Waals surface area (Å²) in [5.41, 5.74) is 5.81. The number of thiophene rings is 1. The molecule has 0 spiro atoms. The molecule has 0 radical (unpaired) electrons. The van der Waals surface area contributed by atoms with Crippen molar-refractivity contribution in [3.05, 3.63) is 20.8 Å². The van der Waals surface area contributed by atoms with Crippen molar-refractivity contribution in [2.45, 2.75) is 19.4 Å². The van der Waals surface area contributed by atoms with Crippen LogP contribution < -0.4 is 11.1 Å². The van der Waals surface area contributed by atoms with Crippen LogP contribution in [0.1, 0.15) is 24.3 Å². The zero-order valence-corrected chi connectivity index (χ0v) is 13.2. The normalized spacial score (nSPS) is 12.7. The fourth-order valence-electron chi connectivity index (χ4n) is 1.68. The molecule has 0 aliphatic heterocycles. The minimum atomic E-state index is 0.0495. The second kappa shape index (κ2) is 7.89. The first-order chi connectivity index (χ1) is 8.58. The van der Waals surface area contributed by atoms with Gasteiger partial charge in [0.15, 0.2) is 0 Å². The fraction of sp³-hybridized carbons (Fsp3) is 0.583. The third-order valence-electron chi connectivity index (χ3n) is 2.64. The lowest BCUT2D eigenvalue weighted by Crippen LogP contribution is -2.39. The number of nitrogens with one attached hydrogen (secondary N) is 1. The molecule has 1 atom stereocenters. The molecule has 1 rings (SSSR count). The van der Waals surface area contributed by atoms with Gasteiger partial charge < -0.3 is 11.1 Å². The smallest absolute Gasteiger partial charge is 0.234 e. The van der Waals surface area contributed by atoms with E-state index in [0.29, 0.717) is 13.1 Å². The highest BCUT2D eigenvalue weighted by molar-refractivity contribution is 9.11. The van der Waals surface area contributed by atoms with E-state index >= 15 is 0 Å². The minimum absolute atomic E-state index is 0.0495. The molecule has 1 unspecified atom stereocenters. The third kappa shape index (κ3) is 4.68. The van der Waals surface area contributed by atoms with Crippen LogP contribution in [0.25, 0.3) is 0 Å². The first-order valence-corrected chi connectivity index (χ1v) is 7.61. The summed E-state index contributed by atoms with van der Waals surface area (Å²) < 4.78 is 1.08. The van der Waals surface area contributed by atoms with Crippen molar-refractivity contribution in [3.63, 3.8) is 0 Å². The van der Waals surface area contributed by atoms with Crippen molar-refractivity contribution >= 4 is 33.2 Å². The Labute approximate surface area is 121 Å². The van der Waals surface area contributed by atoms with E-state index in [1.54, 1.807) is 11.3 Å². The van der Waals surface area contributed by atoms with Gasteiger partial charge in [0.25, 0.3) is 0 Å². The molecular formula is C12H20BrN3OS. The molecule has 1 amide bonds. The summed E-state index contributed by atoms with van der Waals surface area (Å²) in [7, 11) is 1.93. The summed E-state index contributed by atoms with van der Waals surface area (Å²) in [4.78, 5) is 14.8. The monoisotopic (exact) mass is 333 g/mol. The standard InChI is InChI=1S/C12H20BrN3OS/c1-3-6-15-12(17)8-16(2)9(7-14)10-4-5-11(13)18-10/h4-5,9H,3,6-8,14H2,1-2H3,(H,15,17). The first-order valence-electron chi connectivity index (χ1n) is 6.00. The Morgan fingerprint density at radius 3 is 2.83 bits per heavy atom. The number of halogens is 1. The van der Waals surface area contributed by atoms with Gasteiger partial charge in [-0.3, -0.25) is 9.69 Å². The van der Waals surface area contributed by atoms with Crippen LogP contribution >= 0.6 is 27.3 Å². The molecule has 0 aromatic carbocycles. The van der Waals surface area contributed by atoms with Crippen LogP contribution in [0.2, 0.25) is 0 Å². The largest absolute Gasteiger partial charge is 0.355 e. The van der Waals surface area contributed by atoms with Gasteiger partial charge in [0.1, 0.15) is 0 Å². The Morgan fingerprint density at radius 2 is 2.33 bits per heavy atom. The molecule has 102 valence electrons. The van der Waals surface area contributed by atoms with E-state index in [-0.39, 0.29) is 11.9 Å². The fourth-order valence-corrected chi connectivity index (χ4v) is 3.28. The van der Waals surface area contributed by atoms with Crippen LogP contribution in [-0.2, 0) is 4.79 Å². The zero-order chi connectivity index (χ0) is 13.5. The van der Waals surface area contributed by atoms with Gasteiger partial charge in [-0.1, -0.05) is 6.92 Å². The first kappa shape index (κ1) is 15.6. The maximum absolute atomic E-state index is 11.7. The van der Waals surface area contributed by atoms with E-state index in [1.165, 1.54) is 4.88 Å². The highest BCUT2D eigenvalue weighted by atomic mass is 79.9. The van der Waals surface area contributed by atoms with E-state index in [9.17, 15) is 4.79 Å². The number of likely N-dealkylation sites (N-methyl/N-ethyl adjacent to an activating group) is 1. The molecule has 0 fully saturated rings. The number of hydrogen-bond acceptors (Lipinski definition) is 4. The van der Waals surface area contributed by atoms with Crippen molar-refractivity contribution in [3.8, 4) is 0 Å². The molecule has 1 aromatic rings. The number of rotatable bonds is 7. The summed E-state index contributed by atoms with van der Waals surface area (Å²) in [6.07, 6.45) is 0.952. The Morgan fingerprint density at radius 1 is 1.61 bits per heavy atom. The maximum atomic E-state index is 11.7. The van der Waals surface area contributed by atoms with Gasteiger partial charge in [0, 0.05) is 18.0 Å². The molecule has 3 N–H and O–H groups in total. The topological polar surface area (TPSA) is 58.4 Å². The minimum Gasteiger partial charge on any atom is -0.355 e. The summed E-state index contributed by atoms with van der Waals surface area (Å²) in [5.74, 6) is 0.0495. The molecule has 18 heavy (non-hydrogen) atoms. The Bertz CT molecular complexity index is 383. The summed E-state index contributed by atoms with van der Waals surface area (Å²) in [5, 5.41) is 2.87. The van der Waals surface area contributed by atoms with E-state index in [0.717, 1.165) is 16.8 Å². The quantitative estimate of drug-likeness (QED) is 0.802. The van der Waals surface area contributed by atoms with Crippen LogP contribution in [0.15, 0.2) is 15.9 Å². The molecule has 4 nitrogen and oxygen atoms in total. The lowest BCUT2D eigenvalue weighted by molar-refractivity contribution is -0.122. The average molecular weight is 334 g/mol. The van der Waals surface area contributed by atoms with E-state index in [4.69, 9.17) is 5.73 Å². The van der Waals surface area contributed by atoms with Crippen LogP contribution in [0, 0.1) is 0 Å². The summed E-state index contributed by atoms with van der Waals surface area (Å²) in [6, 6.07) is 4.15. The number of carbonyl (C=O) groups is 1. The second-order valence-corrected chi connectivity index (χ2v) is 6.65. The van der Waals surface area contributed by atoms with Crippen LogP contribution in [0.4, 0.5) is 0 Å². The van der Waals surface area contributed by atoms with Gasteiger partial charge in [0.05, 0.1) is 16.4 Å². The van der Waals surface area contributed by atoms with E-state index < -0.39 is 0 Å². The molecule has 0 aliphatic rings. The summed E-state index contributed by atoms with van der Waals surface area (Å²) in [6.45, 7) is 3.64. The Hall–Kier alpha value is -0.430. The SMILES string of the molecule is CCCNC(=O)CN(C)C(CN)c1ccc(Br)s1. The lowest BCUT2D eigenvalue weighted by atomic mass is 10.2. The third-order valence-corrected chi connectivity index (χ3v) is 4.37. The molecule has 1 aromatic heterocycles. The van der Waals surface area contributed by atoms with E-state index in [1.807, 2.05) is 31.0 Å². The molecule has 0 saturated carbocycles. The van der Waals surface area contributed by atoms with E-state index in [2.05, 4.69) is 21.2 Å². The van der Waals surface area contributed by atoms with Crippen LogP contribution in [-0.4, -0.2) is 37.5 Å². The van der Waals surface area contributed by atoms with Crippen LogP contribution in [0.3, 0.4) is 0 Å². The number of carbonyl (C=O) groups excluding carboxylic acids is 1. The molecule has 6 heteroatoms. The zero-order valence-electron chi connectivity index (χ0n) is 10.8. The van der Waals surface area contributed by atoms with Crippen molar-refractivity contribution in [1.29, 1.82) is 0 Å². The Balaban J connectivity index is 2.57. The van der Waals surface area contributed by atoms with Crippen molar-refractivity contribution in [1.82, 2.24) is 10.2 Å². The van der Waals surface area contributed by atoms with Crippen molar-refractivity contribution in [2.75, 3.05) is 26.7 Å². The molecule has 0 aliphatic carbocycles. The average Bonchev–Trinajstić information content (AvgIpc) is 2.74.